The van der Waals surface area contributed by atoms with E-state index in [-0.39, 0.29) is 0 Å². The summed E-state index contributed by atoms with van der Waals surface area (Å²) < 4.78 is 5.12. The number of fused-ring (bicyclic) bond motifs is 1. The average molecular weight is 284 g/mol. The highest BCUT2D eigenvalue weighted by atomic mass is 16.5. The molecule has 0 bridgehead atoms. The van der Waals surface area contributed by atoms with E-state index in [2.05, 4.69) is 39.1 Å². The Labute approximate surface area is 124 Å². The summed E-state index contributed by atoms with van der Waals surface area (Å²) in [6, 6.07) is 10.3. The monoisotopic (exact) mass is 284 g/mol. The van der Waals surface area contributed by atoms with Crippen molar-refractivity contribution in [2.75, 3.05) is 24.3 Å². The Morgan fingerprint density at radius 3 is 2.95 bits per heavy atom. The van der Waals surface area contributed by atoms with Gasteiger partial charge in [0.15, 0.2) is 5.82 Å². The van der Waals surface area contributed by atoms with Crippen LogP contribution < -0.4 is 10.6 Å². The van der Waals surface area contributed by atoms with E-state index in [4.69, 9.17) is 10.5 Å². The molecule has 21 heavy (non-hydrogen) atoms. The molecule has 0 amide bonds. The fourth-order valence-electron chi connectivity index (χ4n) is 2.76. The van der Waals surface area contributed by atoms with Gasteiger partial charge in [-0.3, -0.25) is 0 Å². The molecule has 110 valence electrons. The molecule has 1 aromatic heterocycles. The van der Waals surface area contributed by atoms with Gasteiger partial charge in [-0.1, -0.05) is 18.2 Å². The molecule has 5 nitrogen and oxygen atoms in total. The highest BCUT2D eigenvalue weighted by Crippen LogP contribution is 2.32. The number of nitrogen functional groups attached to an aromatic ring is 1. The highest BCUT2D eigenvalue weighted by Gasteiger charge is 2.18. The molecular weight excluding hydrogens is 264 g/mol. The van der Waals surface area contributed by atoms with E-state index in [0.717, 1.165) is 25.2 Å². The van der Waals surface area contributed by atoms with Crippen LogP contribution in [0.25, 0.3) is 0 Å². The summed E-state index contributed by atoms with van der Waals surface area (Å²) >= 11 is 0. The van der Waals surface area contributed by atoms with E-state index < -0.39 is 0 Å². The van der Waals surface area contributed by atoms with Crippen LogP contribution in [0.1, 0.15) is 24.2 Å². The first kappa shape index (κ1) is 13.8. The highest BCUT2D eigenvalue weighted by molar-refractivity contribution is 5.66. The van der Waals surface area contributed by atoms with Gasteiger partial charge in [0.2, 0.25) is 0 Å². The minimum atomic E-state index is 0.369. The molecule has 1 aromatic carbocycles. The normalized spacial score (nSPS) is 14.6. The quantitative estimate of drug-likeness (QED) is 0.938. The van der Waals surface area contributed by atoms with Crippen molar-refractivity contribution in [2.24, 2.45) is 0 Å². The number of methoxy groups -OCH3 is 1. The minimum absolute atomic E-state index is 0.369. The van der Waals surface area contributed by atoms with Gasteiger partial charge in [-0.25, -0.2) is 9.97 Å². The Morgan fingerprint density at radius 1 is 1.24 bits per heavy atom. The molecule has 0 unspecified atom stereocenters. The summed E-state index contributed by atoms with van der Waals surface area (Å²) in [6.07, 6.45) is 3.44. The maximum atomic E-state index is 5.92. The van der Waals surface area contributed by atoms with Crippen LogP contribution in [0.15, 0.2) is 30.3 Å². The van der Waals surface area contributed by atoms with Crippen LogP contribution in [-0.2, 0) is 17.8 Å². The van der Waals surface area contributed by atoms with Gasteiger partial charge in [0, 0.05) is 25.4 Å². The lowest BCUT2D eigenvalue weighted by Gasteiger charge is -2.24. The molecule has 0 atom stereocenters. The molecule has 2 heterocycles. The van der Waals surface area contributed by atoms with Gasteiger partial charge < -0.3 is 15.4 Å². The Balaban J connectivity index is 2.03. The lowest BCUT2D eigenvalue weighted by atomic mass is 10.1. The number of ether oxygens (including phenoxy) is 1. The number of rotatable bonds is 3. The molecule has 0 saturated carbocycles. The van der Waals surface area contributed by atoms with Crippen molar-refractivity contribution < 1.29 is 4.74 Å². The lowest BCUT2D eigenvalue weighted by Crippen LogP contribution is -2.20. The van der Waals surface area contributed by atoms with Gasteiger partial charge in [-0.05, 0) is 30.9 Å². The number of hydrogen-bond donors (Lipinski definition) is 1. The van der Waals surface area contributed by atoms with Crippen molar-refractivity contribution in [3.05, 3.63) is 41.7 Å². The third kappa shape index (κ3) is 2.97. The van der Waals surface area contributed by atoms with Crippen LogP contribution in [0.4, 0.5) is 17.3 Å². The number of hydrogen-bond acceptors (Lipinski definition) is 5. The molecule has 0 spiro atoms. The molecule has 0 saturated heterocycles. The molecule has 2 aromatic rings. The molecule has 3 rings (SSSR count). The zero-order valence-corrected chi connectivity index (χ0v) is 12.2. The summed E-state index contributed by atoms with van der Waals surface area (Å²) in [7, 11) is 1.63. The average Bonchev–Trinajstić information content (AvgIpc) is 2.69. The molecule has 0 fully saturated rings. The maximum absolute atomic E-state index is 5.92. The fraction of sp³-hybridized carbons (Fsp3) is 0.375. The van der Waals surface area contributed by atoms with Gasteiger partial charge in [-0.2, -0.15) is 0 Å². The number of para-hydroxylation sites is 1. The molecule has 1 aliphatic heterocycles. The lowest BCUT2D eigenvalue weighted by molar-refractivity contribution is 0.178. The first-order valence-corrected chi connectivity index (χ1v) is 7.26. The zero-order chi connectivity index (χ0) is 14.7. The zero-order valence-electron chi connectivity index (χ0n) is 12.2. The first-order valence-electron chi connectivity index (χ1n) is 7.26. The molecule has 0 aliphatic carbocycles. The fourth-order valence-corrected chi connectivity index (χ4v) is 2.76. The van der Waals surface area contributed by atoms with Crippen molar-refractivity contribution in [1.29, 1.82) is 0 Å². The van der Waals surface area contributed by atoms with Crippen molar-refractivity contribution in [1.82, 2.24) is 9.97 Å². The van der Waals surface area contributed by atoms with Crippen LogP contribution in [0.3, 0.4) is 0 Å². The smallest absolute Gasteiger partial charge is 0.158 e. The predicted octanol–water partition coefficient (Wildman–Crippen LogP) is 2.68. The third-order valence-electron chi connectivity index (χ3n) is 3.69. The van der Waals surface area contributed by atoms with E-state index in [1.807, 2.05) is 6.07 Å². The van der Waals surface area contributed by atoms with Crippen LogP contribution in [0.2, 0.25) is 0 Å². The van der Waals surface area contributed by atoms with Gasteiger partial charge in [0.05, 0.1) is 0 Å². The Bertz CT molecular complexity index is 629. The summed E-state index contributed by atoms with van der Waals surface area (Å²) in [5, 5.41) is 0. The first-order chi connectivity index (χ1) is 10.3. The number of anilines is 3. The van der Waals surface area contributed by atoms with Crippen LogP contribution in [-0.4, -0.2) is 23.6 Å². The van der Waals surface area contributed by atoms with Crippen LogP contribution >= 0.6 is 0 Å². The second kappa shape index (κ2) is 6.10. The molecule has 5 heteroatoms. The van der Waals surface area contributed by atoms with Crippen molar-refractivity contribution in [2.45, 2.75) is 25.9 Å². The second-order valence-electron chi connectivity index (χ2n) is 5.24. The summed E-state index contributed by atoms with van der Waals surface area (Å²) in [5.41, 5.74) is 8.50. The van der Waals surface area contributed by atoms with E-state index in [0.29, 0.717) is 18.2 Å². The molecular formula is C16H20N4O. The minimum Gasteiger partial charge on any atom is -0.384 e. The second-order valence-corrected chi connectivity index (χ2v) is 5.24. The summed E-state index contributed by atoms with van der Waals surface area (Å²) in [5.74, 6) is 1.95. The van der Waals surface area contributed by atoms with Crippen molar-refractivity contribution in [3.63, 3.8) is 0 Å². The maximum Gasteiger partial charge on any atom is 0.158 e. The van der Waals surface area contributed by atoms with E-state index in [1.165, 1.54) is 17.7 Å². The van der Waals surface area contributed by atoms with Gasteiger partial charge in [-0.15, -0.1) is 0 Å². The number of nitrogens with zero attached hydrogens (tertiary/aromatic N) is 3. The predicted molar refractivity (Wildman–Crippen MR) is 83.5 cm³/mol. The van der Waals surface area contributed by atoms with Crippen molar-refractivity contribution in [3.8, 4) is 0 Å². The third-order valence-corrected chi connectivity index (χ3v) is 3.69. The number of benzene rings is 1. The molecule has 0 radical (unpaired) electrons. The summed E-state index contributed by atoms with van der Waals surface area (Å²) in [4.78, 5) is 11.0. The Kier molecular flexibility index (Phi) is 4.01. The van der Waals surface area contributed by atoms with Gasteiger partial charge >= 0.3 is 0 Å². The topological polar surface area (TPSA) is 64.3 Å². The summed E-state index contributed by atoms with van der Waals surface area (Å²) in [6.45, 7) is 1.31. The Morgan fingerprint density at radius 2 is 2.10 bits per heavy atom. The van der Waals surface area contributed by atoms with Gasteiger partial charge in [0.25, 0.3) is 0 Å². The standard InChI is InChI=1S/C16H20N4O/c1-21-11-15-18-14(17)10-16(19-15)20-9-5-4-7-12-6-2-3-8-13(12)20/h2-3,6,8,10H,4-5,7,9,11H2,1H3,(H2,17,18,19). The number of aryl methyl sites for hydroxylation is 1. The largest absolute Gasteiger partial charge is 0.384 e. The van der Waals surface area contributed by atoms with Gasteiger partial charge in [0.1, 0.15) is 18.2 Å². The van der Waals surface area contributed by atoms with Crippen LogP contribution in [0.5, 0.6) is 0 Å². The van der Waals surface area contributed by atoms with E-state index in [9.17, 15) is 0 Å². The Hall–Kier alpha value is -2.14. The molecule has 1 aliphatic rings. The van der Waals surface area contributed by atoms with Crippen molar-refractivity contribution >= 4 is 17.3 Å². The van der Waals surface area contributed by atoms with E-state index in [1.54, 1.807) is 7.11 Å². The van der Waals surface area contributed by atoms with E-state index >= 15 is 0 Å². The number of nitrogens with two attached hydrogens (primary N) is 1. The number of aromatic nitrogens is 2. The SMILES string of the molecule is COCc1nc(N)cc(N2CCCCc3ccccc32)n1. The van der Waals surface area contributed by atoms with Crippen LogP contribution in [0, 0.1) is 0 Å². The molecule has 2 N–H and O–H groups in total.